The number of carboxylic acid groups (broad SMARTS) is 1. The van der Waals surface area contributed by atoms with Crippen LogP contribution in [0.3, 0.4) is 0 Å². The first-order chi connectivity index (χ1) is 8.65. The topological polar surface area (TPSA) is 86.0 Å². The van der Waals surface area contributed by atoms with Crippen LogP contribution in [0.25, 0.3) is 0 Å². The number of anilines is 1. The van der Waals surface area contributed by atoms with Gasteiger partial charge in [0.1, 0.15) is 6.07 Å². The number of aromatic nitrogens is 1. The molecule has 94 valence electrons. The number of nitrogens with one attached hydrogen (secondary N) is 1. The monoisotopic (exact) mass is 245 g/mol. The van der Waals surface area contributed by atoms with Crippen LogP contribution < -0.4 is 5.32 Å². The molecule has 0 saturated heterocycles. The third-order valence-electron chi connectivity index (χ3n) is 3.39. The summed E-state index contributed by atoms with van der Waals surface area (Å²) in [6.45, 7) is 0. The van der Waals surface area contributed by atoms with Crippen molar-refractivity contribution < 1.29 is 9.90 Å². The summed E-state index contributed by atoms with van der Waals surface area (Å²) in [4.78, 5) is 15.0. The lowest BCUT2D eigenvalue weighted by molar-refractivity contribution is -0.138. The Hall–Kier alpha value is -2.09. The summed E-state index contributed by atoms with van der Waals surface area (Å²) in [6.07, 6.45) is 6.89. The highest BCUT2D eigenvalue weighted by atomic mass is 16.4. The second-order valence-corrected chi connectivity index (χ2v) is 4.72. The molecule has 1 aliphatic carbocycles. The molecule has 5 heteroatoms. The van der Waals surface area contributed by atoms with E-state index in [0.717, 1.165) is 25.7 Å². The average Bonchev–Trinajstić information content (AvgIpc) is 2.77. The number of hydrogen-bond donors (Lipinski definition) is 2. The molecule has 5 nitrogen and oxygen atoms in total. The lowest BCUT2D eigenvalue weighted by Gasteiger charge is -2.30. The van der Waals surface area contributed by atoms with Crippen molar-refractivity contribution in [1.82, 2.24) is 4.98 Å². The van der Waals surface area contributed by atoms with E-state index in [-0.39, 0.29) is 6.42 Å². The third kappa shape index (κ3) is 2.59. The SMILES string of the molecule is N#Cc1ccncc1NC1(CC(=O)O)CCCC1. The zero-order valence-electron chi connectivity index (χ0n) is 10.0. The zero-order chi connectivity index (χ0) is 13.0. The van der Waals surface area contributed by atoms with Gasteiger partial charge in [0.05, 0.1) is 23.9 Å². The molecule has 1 saturated carbocycles. The molecule has 1 aromatic heterocycles. The molecule has 0 aromatic carbocycles. The van der Waals surface area contributed by atoms with E-state index in [2.05, 4.69) is 16.4 Å². The standard InChI is InChI=1S/C13H15N3O2/c14-8-10-3-6-15-9-11(10)16-13(7-12(17)18)4-1-2-5-13/h3,6,9,16H,1-2,4-5,7H2,(H,17,18). The van der Waals surface area contributed by atoms with Crippen LogP contribution in [0, 0.1) is 11.3 Å². The van der Waals surface area contributed by atoms with Gasteiger partial charge in [-0.2, -0.15) is 5.26 Å². The molecule has 1 heterocycles. The first kappa shape index (κ1) is 12.4. The number of carbonyl (C=O) groups is 1. The predicted octanol–water partition coefficient (Wildman–Crippen LogP) is 2.15. The first-order valence-electron chi connectivity index (χ1n) is 5.99. The van der Waals surface area contributed by atoms with Crippen LogP contribution >= 0.6 is 0 Å². The van der Waals surface area contributed by atoms with E-state index in [1.54, 1.807) is 18.5 Å². The minimum atomic E-state index is -0.813. The Balaban J connectivity index is 2.24. The summed E-state index contributed by atoms with van der Waals surface area (Å²) in [6, 6.07) is 3.72. The number of pyridine rings is 1. The van der Waals surface area contributed by atoms with Crippen LogP contribution in [0.15, 0.2) is 18.5 Å². The Kier molecular flexibility index (Phi) is 3.47. The molecule has 1 aromatic rings. The van der Waals surface area contributed by atoms with Crippen LogP contribution in [0.1, 0.15) is 37.7 Å². The number of carboxylic acids is 1. The van der Waals surface area contributed by atoms with E-state index in [1.807, 2.05) is 0 Å². The van der Waals surface area contributed by atoms with Crippen LogP contribution in [-0.2, 0) is 4.79 Å². The highest BCUT2D eigenvalue weighted by Crippen LogP contribution is 2.36. The maximum atomic E-state index is 11.0. The Labute approximate surface area is 105 Å². The summed E-state index contributed by atoms with van der Waals surface area (Å²) in [5.41, 5.74) is 0.699. The number of hydrogen-bond acceptors (Lipinski definition) is 4. The molecule has 18 heavy (non-hydrogen) atoms. The molecule has 1 aliphatic rings. The van der Waals surface area contributed by atoms with Gasteiger partial charge in [-0.1, -0.05) is 12.8 Å². The Bertz CT molecular complexity index is 487. The third-order valence-corrected chi connectivity index (χ3v) is 3.39. The van der Waals surface area contributed by atoms with E-state index in [9.17, 15) is 4.79 Å². The second-order valence-electron chi connectivity index (χ2n) is 4.72. The van der Waals surface area contributed by atoms with Gasteiger partial charge in [-0.25, -0.2) is 0 Å². The molecule has 0 radical (unpaired) electrons. The zero-order valence-corrected chi connectivity index (χ0v) is 10.0. The Morgan fingerprint density at radius 3 is 2.89 bits per heavy atom. The van der Waals surface area contributed by atoms with Crippen molar-refractivity contribution in [3.63, 3.8) is 0 Å². The molecule has 2 rings (SSSR count). The van der Waals surface area contributed by atoms with Gasteiger partial charge >= 0.3 is 5.97 Å². The molecule has 0 atom stereocenters. The Morgan fingerprint density at radius 2 is 2.28 bits per heavy atom. The van der Waals surface area contributed by atoms with Gasteiger partial charge in [-0.3, -0.25) is 9.78 Å². The van der Waals surface area contributed by atoms with E-state index in [4.69, 9.17) is 10.4 Å². The quantitative estimate of drug-likeness (QED) is 0.848. The fourth-order valence-electron chi connectivity index (χ4n) is 2.56. The molecule has 0 bridgehead atoms. The van der Waals surface area contributed by atoms with Crippen LogP contribution in [-0.4, -0.2) is 21.6 Å². The van der Waals surface area contributed by atoms with Gasteiger partial charge < -0.3 is 10.4 Å². The average molecular weight is 245 g/mol. The first-order valence-corrected chi connectivity index (χ1v) is 5.99. The van der Waals surface area contributed by atoms with Gasteiger partial charge in [-0.15, -0.1) is 0 Å². The molecule has 2 N–H and O–H groups in total. The highest BCUT2D eigenvalue weighted by Gasteiger charge is 2.36. The highest BCUT2D eigenvalue weighted by molar-refractivity contribution is 5.70. The lowest BCUT2D eigenvalue weighted by Crippen LogP contribution is -2.37. The minimum absolute atomic E-state index is 0.0762. The lowest BCUT2D eigenvalue weighted by atomic mass is 9.92. The predicted molar refractivity (Wildman–Crippen MR) is 66.0 cm³/mol. The van der Waals surface area contributed by atoms with E-state index in [1.165, 1.54) is 0 Å². The van der Waals surface area contributed by atoms with Crippen molar-refractivity contribution in [2.24, 2.45) is 0 Å². The van der Waals surface area contributed by atoms with Crippen LogP contribution in [0.2, 0.25) is 0 Å². The van der Waals surface area contributed by atoms with Crippen molar-refractivity contribution in [3.8, 4) is 6.07 Å². The maximum absolute atomic E-state index is 11.0. The number of nitriles is 1. The van der Waals surface area contributed by atoms with Gasteiger partial charge in [0.2, 0.25) is 0 Å². The van der Waals surface area contributed by atoms with Crippen LogP contribution in [0.4, 0.5) is 5.69 Å². The maximum Gasteiger partial charge on any atom is 0.305 e. The van der Waals surface area contributed by atoms with Gasteiger partial charge in [-0.05, 0) is 18.9 Å². The fourth-order valence-corrected chi connectivity index (χ4v) is 2.56. The number of aliphatic carboxylic acids is 1. The minimum Gasteiger partial charge on any atom is -0.481 e. The van der Waals surface area contributed by atoms with Gasteiger partial charge in [0, 0.05) is 11.7 Å². The molecule has 0 spiro atoms. The van der Waals surface area contributed by atoms with E-state index in [0.29, 0.717) is 11.3 Å². The molecule has 0 aliphatic heterocycles. The summed E-state index contributed by atoms with van der Waals surface area (Å²) < 4.78 is 0. The largest absolute Gasteiger partial charge is 0.481 e. The van der Waals surface area contributed by atoms with Crippen molar-refractivity contribution in [2.75, 3.05) is 5.32 Å². The molecule has 0 unspecified atom stereocenters. The van der Waals surface area contributed by atoms with Crippen LogP contribution in [0.5, 0.6) is 0 Å². The molecular weight excluding hydrogens is 230 g/mol. The molecule has 0 amide bonds. The normalized spacial score (nSPS) is 17.1. The van der Waals surface area contributed by atoms with Gasteiger partial charge in [0.25, 0.3) is 0 Å². The summed E-state index contributed by atoms with van der Waals surface area (Å²) >= 11 is 0. The van der Waals surface area contributed by atoms with Crippen molar-refractivity contribution in [3.05, 3.63) is 24.0 Å². The Morgan fingerprint density at radius 1 is 1.56 bits per heavy atom. The second kappa shape index (κ2) is 5.05. The number of nitrogens with zero attached hydrogens (tertiary/aromatic N) is 2. The molecular formula is C13H15N3O2. The fraction of sp³-hybridized carbons (Fsp3) is 0.462. The van der Waals surface area contributed by atoms with E-state index < -0.39 is 11.5 Å². The van der Waals surface area contributed by atoms with Gasteiger partial charge in [0.15, 0.2) is 0 Å². The smallest absolute Gasteiger partial charge is 0.305 e. The van der Waals surface area contributed by atoms with Crippen molar-refractivity contribution in [1.29, 1.82) is 5.26 Å². The summed E-state index contributed by atoms with van der Waals surface area (Å²) in [5.74, 6) is -0.813. The summed E-state index contributed by atoms with van der Waals surface area (Å²) in [7, 11) is 0. The summed E-state index contributed by atoms with van der Waals surface area (Å²) in [5, 5.41) is 21.3. The van der Waals surface area contributed by atoms with E-state index >= 15 is 0 Å². The molecule has 1 fully saturated rings. The number of rotatable bonds is 4. The van der Waals surface area contributed by atoms with Crippen molar-refractivity contribution in [2.45, 2.75) is 37.6 Å². The van der Waals surface area contributed by atoms with Crippen molar-refractivity contribution >= 4 is 11.7 Å².